The minimum atomic E-state index is 0.626. The average molecular weight is 277 g/mol. The first-order chi connectivity index (χ1) is 9.70. The fourth-order valence-electron chi connectivity index (χ4n) is 3.61. The van der Waals surface area contributed by atoms with Crippen molar-refractivity contribution >= 4 is 0 Å². The first kappa shape index (κ1) is 15.6. The summed E-state index contributed by atoms with van der Waals surface area (Å²) in [5, 5.41) is 3.78. The highest BCUT2D eigenvalue weighted by Gasteiger charge is 2.28. The molecule has 2 nitrogen and oxygen atoms in total. The Labute approximate surface area is 124 Å². The molecule has 1 fully saturated rings. The van der Waals surface area contributed by atoms with Gasteiger partial charge in [0.25, 0.3) is 0 Å². The van der Waals surface area contributed by atoms with Crippen molar-refractivity contribution in [3.8, 4) is 0 Å². The summed E-state index contributed by atoms with van der Waals surface area (Å²) in [6.45, 7) is 8.14. The van der Waals surface area contributed by atoms with Gasteiger partial charge in [-0.3, -0.25) is 0 Å². The zero-order chi connectivity index (χ0) is 14.4. The molecule has 2 rings (SSSR count). The molecule has 0 spiro atoms. The molecule has 2 heteroatoms. The predicted molar refractivity (Wildman–Crippen MR) is 84.8 cm³/mol. The molecule has 114 valence electrons. The Morgan fingerprint density at radius 1 is 1.20 bits per heavy atom. The summed E-state index contributed by atoms with van der Waals surface area (Å²) in [6, 6.07) is 2.74. The van der Waals surface area contributed by atoms with Crippen LogP contribution in [0.2, 0.25) is 0 Å². The van der Waals surface area contributed by atoms with Crippen molar-refractivity contribution in [3.05, 3.63) is 24.2 Å². The maximum Gasteiger partial charge on any atom is 0.0935 e. The van der Waals surface area contributed by atoms with Crippen LogP contribution in [0.25, 0.3) is 0 Å². The fraction of sp³-hybridized carbons (Fsp3) is 0.778. The Morgan fingerprint density at radius 3 is 2.45 bits per heavy atom. The van der Waals surface area contributed by atoms with E-state index in [1.165, 1.54) is 37.7 Å². The molecule has 1 aromatic heterocycles. The maximum absolute atomic E-state index is 5.23. The third-order valence-corrected chi connectivity index (χ3v) is 5.02. The second-order valence-electron chi connectivity index (χ2n) is 6.82. The molecule has 1 atom stereocenters. The van der Waals surface area contributed by atoms with E-state index >= 15 is 0 Å². The molecule has 0 bridgehead atoms. The second-order valence-corrected chi connectivity index (χ2v) is 6.82. The third kappa shape index (κ3) is 4.37. The van der Waals surface area contributed by atoms with Crippen LogP contribution in [-0.2, 0) is 6.42 Å². The van der Waals surface area contributed by atoms with Crippen molar-refractivity contribution < 1.29 is 4.42 Å². The SMILES string of the molecule is CCCNC(Cc1ccoc1)C1CCC(C(C)C)CC1. The zero-order valence-electron chi connectivity index (χ0n) is 13.4. The van der Waals surface area contributed by atoms with Gasteiger partial charge in [-0.15, -0.1) is 0 Å². The smallest absolute Gasteiger partial charge is 0.0935 e. The molecule has 0 aliphatic heterocycles. The largest absolute Gasteiger partial charge is 0.472 e. The number of nitrogens with one attached hydrogen (secondary N) is 1. The lowest BCUT2D eigenvalue weighted by molar-refractivity contribution is 0.187. The highest BCUT2D eigenvalue weighted by molar-refractivity contribution is 5.08. The predicted octanol–water partition coefficient (Wildman–Crippen LogP) is 4.65. The molecule has 0 amide bonds. The maximum atomic E-state index is 5.23. The molecule has 20 heavy (non-hydrogen) atoms. The van der Waals surface area contributed by atoms with Crippen molar-refractivity contribution in [2.24, 2.45) is 17.8 Å². The first-order valence-corrected chi connectivity index (χ1v) is 8.45. The van der Waals surface area contributed by atoms with E-state index in [1.807, 2.05) is 6.26 Å². The Balaban J connectivity index is 1.90. The summed E-state index contributed by atoms with van der Waals surface area (Å²) in [5.41, 5.74) is 1.34. The zero-order valence-corrected chi connectivity index (χ0v) is 13.4. The second kappa shape index (κ2) is 7.87. The van der Waals surface area contributed by atoms with E-state index in [0.717, 1.165) is 30.7 Å². The highest BCUT2D eigenvalue weighted by atomic mass is 16.3. The normalized spacial score (nSPS) is 25.0. The molecule has 1 aromatic rings. The van der Waals surface area contributed by atoms with E-state index in [1.54, 1.807) is 6.26 Å². The van der Waals surface area contributed by atoms with Crippen LogP contribution in [0.15, 0.2) is 23.0 Å². The van der Waals surface area contributed by atoms with E-state index < -0.39 is 0 Å². The third-order valence-electron chi connectivity index (χ3n) is 5.02. The molecule has 1 heterocycles. The topological polar surface area (TPSA) is 25.2 Å². The Kier molecular flexibility index (Phi) is 6.15. The van der Waals surface area contributed by atoms with Crippen LogP contribution < -0.4 is 5.32 Å². The van der Waals surface area contributed by atoms with Gasteiger partial charge in [0.15, 0.2) is 0 Å². The van der Waals surface area contributed by atoms with Crippen molar-refractivity contribution in [2.45, 2.75) is 65.3 Å². The summed E-state index contributed by atoms with van der Waals surface area (Å²) < 4.78 is 5.23. The van der Waals surface area contributed by atoms with E-state index in [9.17, 15) is 0 Å². The summed E-state index contributed by atoms with van der Waals surface area (Å²) in [4.78, 5) is 0. The quantitative estimate of drug-likeness (QED) is 0.784. The fourth-order valence-corrected chi connectivity index (χ4v) is 3.61. The van der Waals surface area contributed by atoms with Crippen molar-refractivity contribution in [1.29, 1.82) is 0 Å². The van der Waals surface area contributed by atoms with E-state index in [4.69, 9.17) is 4.42 Å². The number of furan rings is 1. The van der Waals surface area contributed by atoms with Crippen LogP contribution in [0.1, 0.15) is 58.4 Å². The van der Waals surface area contributed by atoms with E-state index in [2.05, 4.69) is 32.2 Å². The summed E-state index contributed by atoms with van der Waals surface area (Å²) in [7, 11) is 0. The van der Waals surface area contributed by atoms with Crippen LogP contribution in [-0.4, -0.2) is 12.6 Å². The van der Waals surface area contributed by atoms with Gasteiger partial charge in [-0.1, -0.05) is 20.8 Å². The minimum absolute atomic E-state index is 0.626. The van der Waals surface area contributed by atoms with Gasteiger partial charge in [-0.25, -0.2) is 0 Å². The van der Waals surface area contributed by atoms with Crippen LogP contribution in [0.5, 0.6) is 0 Å². The number of hydrogen-bond acceptors (Lipinski definition) is 2. The molecule has 0 saturated heterocycles. The van der Waals surface area contributed by atoms with Crippen LogP contribution in [0.3, 0.4) is 0 Å². The summed E-state index contributed by atoms with van der Waals surface area (Å²) in [6.07, 6.45) is 11.6. The molecular formula is C18H31NO. The minimum Gasteiger partial charge on any atom is -0.472 e. The van der Waals surface area contributed by atoms with Gasteiger partial charge in [0, 0.05) is 6.04 Å². The van der Waals surface area contributed by atoms with Crippen LogP contribution >= 0.6 is 0 Å². The summed E-state index contributed by atoms with van der Waals surface area (Å²) >= 11 is 0. The molecule has 1 saturated carbocycles. The first-order valence-electron chi connectivity index (χ1n) is 8.45. The van der Waals surface area contributed by atoms with Crippen molar-refractivity contribution in [2.75, 3.05) is 6.54 Å². The van der Waals surface area contributed by atoms with Gasteiger partial charge in [-0.05, 0) is 74.5 Å². The molecule has 0 radical (unpaired) electrons. The average Bonchev–Trinajstić information content (AvgIpc) is 2.96. The standard InChI is InChI=1S/C18H31NO/c1-4-10-19-18(12-15-9-11-20-13-15)17-7-5-16(6-8-17)14(2)3/h9,11,13-14,16-19H,4-8,10,12H2,1-3H3. The van der Waals surface area contributed by atoms with Crippen molar-refractivity contribution in [1.82, 2.24) is 5.32 Å². The molecule has 1 N–H and O–H groups in total. The van der Waals surface area contributed by atoms with Gasteiger partial charge in [0.1, 0.15) is 0 Å². The molecule has 1 aliphatic rings. The van der Waals surface area contributed by atoms with Gasteiger partial charge in [0.05, 0.1) is 12.5 Å². The molecule has 0 aromatic carbocycles. The lowest BCUT2D eigenvalue weighted by atomic mass is 9.73. The van der Waals surface area contributed by atoms with Gasteiger partial charge in [0.2, 0.25) is 0 Å². The molecular weight excluding hydrogens is 246 g/mol. The molecule has 1 aliphatic carbocycles. The summed E-state index contributed by atoms with van der Waals surface area (Å²) in [5.74, 6) is 2.64. The van der Waals surface area contributed by atoms with Crippen LogP contribution in [0, 0.1) is 17.8 Å². The van der Waals surface area contributed by atoms with Crippen LogP contribution in [0.4, 0.5) is 0 Å². The van der Waals surface area contributed by atoms with E-state index in [0.29, 0.717) is 6.04 Å². The lowest BCUT2D eigenvalue weighted by Crippen LogP contribution is -2.40. The highest BCUT2D eigenvalue weighted by Crippen LogP contribution is 2.35. The van der Waals surface area contributed by atoms with Gasteiger partial charge >= 0.3 is 0 Å². The van der Waals surface area contributed by atoms with E-state index in [-0.39, 0.29) is 0 Å². The lowest BCUT2D eigenvalue weighted by Gasteiger charge is -2.36. The number of hydrogen-bond donors (Lipinski definition) is 1. The Morgan fingerprint density at radius 2 is 1.90 bits per heavy atom. The monoisotopic (exact) mass is 277 g/mol. The van der Waals surface area contributed by atoms with Crippen molar-refractivity contribution in [3.63, 3.8) is 0 Å². The van der Waals surface area contributed by atoms with Gasteiger partial charge in [-0.2, -0.15) is 0 Å². The Hall–Kier alpha value is -0.760. The Bertz CT molecular complexity index is 350. The van der Waals surface area contributed by atoms with Gasteiger partial charge < -0.3 is 9.73 Å². The number of rotatable bonds is 7. The molecule has 1 unspecified atom stereocenters.